The summed E-state index contributed by atoms with van der Waals surface area (Å²) in [4.78, 5) is 0. The summed E-state index contributed by atoms with van der Waals surface area (Å²) in [6.07, 6.45) is 0. The molecule has 18 heavy (non-hydrogen) atoms. The molecule has 0 radical (unpaired) electrons. The molecule has 1 heterocycles. The molecule has 0 amide bonds. The highest BCUT2D eigenvalue weighted by Gasteiger charge is 2.08. The van der Waals surface area contributed by atoms with E-state index in [0.717, 1.165) is 28.3 Å². The van der Waals surface area contributed by atoms with Gasteiger partial charge in [0.05, 0.1) is 17.3 Å². The van der Waals surface area contributed by atoms with Crippen LogP contribution < -0.4 is 4.74 Å². The minimum atomic E-state index is 0.460. The van der Waals surface area contributed by atoms with Crippen LogP contribution in [0.15, 0.2) is 24.3 Å². The number of hydrogen-bond acceptors (Lipinski definition) is 2. The summed E-state index contributed by atoms with van der Waals surface area (Å²) in [5, 5.41) is 4.30. The smallest absolute Gasteiger partial charge is 0.130 e. The lowest BCUT2D eigenvalue weighted by Crippen LogP contribution is -2.05. The Morgan fingerprint density at radius 1 is 1.33 bits per heavy atom. The zero-order valence-corrected chi connectivity index (χ0v) is 11.7. The van der Waals surface area contributed by atoms with Crippen molar-refractivity contribution in [3.8, 4) is 5.75 Å². The quantitative estimate of drug-likeness (QED) is 0.792. The van der Waals surface area contributed by atoms with Gasteiger partial charge in [-0.05, 0) is 25.5 Å². The van der Waals surface area contributed by atoms with Gasteiger partial charge < -0.3 is 4.74 Å². The first kappa shape index (κ1) is 13.0. The van der Waals surface area contributed by atoms with Crippen molar-refractivity contribution in [1.82, 2.24) is 9.78 Å². The van der Waals surface area contributed by atoms with Crippen molar-refractivity contribution in [2.75, 3.05) is 0 Å². The number of nitrogens with zero attached hydrogens (tertiary/aromatic N) is 2. The van der Waals surface area contributed by atoms with Crippen molar-refractivity contribution in [3.63, 3.8) is 0 Å². The Morgan fingerprint density at radius 2 is 2.11 bits per heavy atom. The molecule has 1 aromatic heterocycles. The summed E-state index contributed by atoms with van der Waals surface area (Å²) in [6, 6.07) is 8.04. The highest BCUT2D eigenvalue weighted by atomic mass is 35.5. The second kappa shape index (κ2) is 5.44. The Labute approximate surface area is 112 Å². The zero-order chi connectivity index (χ0) is 13.1. The van der Waals surface area contributed by atoms with Gasteiger partial charge in [0.1, 0.15) is 12.4 Å². The maximum absolute atomic E-state index is 5.92. The Kier molecular flexibility index (Phi) is 3.92. The second-order valence-electron chi connectivity index (χ2n) is 4.39. The Hall–Kier alpha value is -1.48. The molecular formula is C14H17ClN2O. The van der Waals surface area contributed by atoms with Gasteiger partial charge in [0.2, 0.25) is 0 Å². The highest BCUT2D eigenvalue weighted by Crippen LogP contribution is 2.25. The topological polar surface area (TPSA) is 27.1 Å². The van der Waals surface area contributed by atoms with E-state index in [2.05, 4.69) is 5.10 Å². The van der Waals surface area contributed by atoms with Crippen molar-refractivity contribution in [3.05, 3.63) is 46.8 Å². The van der Waals surface area contributed by atoms with Crippen molar-refractivity contribution in [2.24, 2.45) is 7.05 Å². The van der Waals surface area contributed by atoms with Gasteiger partial charge in [-0.3, -0.25) is 4.68 Å². The third-order valence-electron chi connectivity index (χ3n) is 2.90. The second-order valence-corrected chi connectivity index (χ2v) is 4.65. The van der Waals surface area contributed by atoms with E-state index in [0.29, 0.717) is 12.5 Å². The zero-order valence-electron chi connectivity index (χ0n) is 10.9. The molecule has 0 bridgehead atoms. The molecule has 0 unspecified atom stereocenters. The maximum Gasteiger partial charge on any atom is 0.130 e. The monoisotopic (exact) mass is 264 g/mol. The van der Waals surface area contributed by atoms with E-state index in [9.17, 15) is 0 Å². The number of halogens is 1. The summed E-state index contributed by atoms with van der Waals surface area (Å²) in [6.45, 7) is 4.51. The number of aromatic nitrogens is 2. The van der Waals surface area contributed by atoms with E-state index in [-0.39, 0.29) is 0 Å². The van der Waals surface area contributed by atoms with Crippen LogP contribution in [0.3, 0.4) is 0 Å². The first-order chi connectivity index (χ1) is 8.61. The van der Waals surface area contributed by atoms with Gasteiger partial charge in [-0.15, -0.1) is 11.6 Å². The number of rotatable bonds is 4. The van der Waals surface area contributed by atoms with Crippen LogP contribution >= 0.6 is 11.6 Å². The molecule has 0 aliphatic rings. The summed E-state index contributed by atoms with van der Waals surface area (Å²) >= 11 is 5.92. The van der Waals surface area contributed by atoms with Crippen LogP contribution in [0.1, 0.15) is 22.5 Å². The SMILES string of the molecule is Cc1cc(COc2c(C)cccc2CCl)n(C)n1. The van der Waals surface area contributed by atoms with Crippen LogP contribution in [0.5, 0.6) is 5.75 Å². The van der Waals surface area contributed by atoms with Gasteiger partial charge in [0.15, 0.2) is 0 Å². The lowest BCUT2D eigenvalue weighted by Gasteiger charge is -2.12. The summed E-state index contributed by atoms with van der Waals surface area (Å²) in [5.41, 5.74) is 4.18. The van der Waals surface area contributed by atoms with E-state index in [1.54, 1.807) is 0 Å². The van der Waals surface area contributed by atoms with Gasteiger partial charge in [0, 0.05) is 12.6 Å². The fourth-order valence-electron chi connectivity index (χ4n) is 1.97. The number of alkyl halides is 1. The number of para-hydroxylation sites is 1. The first-order valence-electron chi connectivity index (χ1n) is 5.88. The first-order valence-corrected chi connectivity index (χ1v) is 6.42. The Bertz CT molecular complexity index is 549. The van der Waals surface area contributed by atoms with E-state index in [1.807, 2.05) is 49.8 Å². The molecule has 0 spiro atoms. The maximum atomic E-state index is 5.92. The lowest BCUT2D eigenvalue weighted by atomic mass is 10.1. The Morgan fingerprint density at radius 3 is 2.72 bits per heavy atom. The van der Waals surface area contributed by atoms with Crippen LogP contribution in [0.25, 0.3) is 0 Å². The predicted molar refractivity (Wildman–Crippen MR) is 73.0 cm³/mol. The molecule has 0 aliphatic heterocycles. The van der Waals surface area contributed by atoms with Gasteiger partial charge in [-0.25, -0.2) is 0 Å². The third-order valence-corrected chi connectivity index (χ3v) is 3.19. The predicted octanol–water partition coefficient (Wildman–Crippen LogP) is 3.35. The molecule has 0 saturated carbocycles. The summed E-state index contributed by atoms with van der Waals surface area (Å²) in [7, 11) is 1.92. The minimum Gasteiger partial charge on any atom is -0.487 e. The summed E-state index contributed by atoms with van der Waals surface area (Å²) < 4.78 is 7.73. The van der Waals surface area contributed by atoms with E-state index in [1.165, 1.54) is 0 Å². The van der Waals surface area contributed by atoms with E-state index < -0.39 is 0 Å². The van der Waals surface area contributed by atoms with Crippen LogP contribution in [0, 0.1) is 13.8 Å². The fourth-order valence-corrected chi connectivity index (χ4v) is 2.18. The molecule has 3 nitrogen and oxygen atoms in total. The molecule has 0 atom stereocenters. The molecule has 0 saturated heterocycles. The number of hydrogen-bond donors (Lipinski definition) is 0. The molecule has 0 fully saturated rings. The average molecular weight is 265 g/mol. The number of aryl methyl sites for hydroxylation is 3. The van der Waals surface area contributed by atoms with Crippen molar-refractivity contribution in [2.45, 2.75) is 26.3 Å². The van der Waals surface area contributed by atoms with Crippen molar-refractivity contribution >= 4 is 11.6 Å². The minimum absolute atomic E-state index is 0.460. The van der Waals surface area contributed by atoms with Gasteiger partial charge in [-0.1, -0.05) is 18.2 Å². The molecule has 2 rings (SSSR count). The third kappa shape index (κ3) is 2.67. The lowest BCUT2D eigenvalue weighted by molar-refractivity contribution is 0.290. The van der Waals surface area contributed by atoms with Gasteiger partial charge >= 0.3 is 0 Å². The van der Waals surface area contributed by atoms with E-state index >= 15 is 0 Å². The number of ether oxygens (including phenoxy) is 1. The molecule has 0 aliphatic carbocycles. The van der Waals surface area contributed by atoms with Crippen LogP contribution in [0.2, 0.25) is 0 Å². The normalized spacial score (nSPS) is 10.7. The summed E-state index contributed by atoms with van der Waals surface area (Å²) in [5.74, 6) is 1.34. The van der Waals surface area contributed by atoms with Crippen LogP contribution in [-0.4, -0.2) is 9.78 Å². The van der Waals surface area contributed by atoms with Crippen LogP contribution in [0.4, 0.5) is 0 Å². The van der Waals surface area contributed by atoms with Gasteiger partial charge in [-0.2, -0.15) is 5.10 Å². The van der Waals surface area contributed by atoms with Gasteiger partial charge in [0.25, 0.3) is 0 Å². The standard InChI is InChI=1S/C14H17ClN2O/c1-10-5-4-6-12(8-15)14(10)18-9-13-7-11(2)16-17(13)3/h4-7H,8-9H2,1-3H3. The van der Waals surface area contributed by atoms with E-state index in [4.69, 9.17) is 16.3 Å². The molecule has 4 heteroatoms. The Balaban J connectivity index is 2.17. The largest absolute Gasteiger partial charge is 0.487 e. The molecule has 0 N–H and O–H groups in total. The average Bonchev–Trinajstić information content (AvgIpc) is 2.66. The van der Waals surface area contributed by atoms with Crippen molar-refractivity contribution in [1.29, 1.82) is 0 Å². The number of benzene rings is 1. The van der Waals surface area contributed by atoms with Crippen LogP contribution in [-0.2, 0) is 19.5 Å². The molecular weight excluding hydrogens is 248 g/mol. The molecule has 1 aromatic carbocycles. The molecule has 2 aromatic rings. The fraction of sp³-hybridized carbons (Fsp3) is 0.357. The molecule has 96 valence electrons. The van der Waals surface area contributed by atoms with Crippen molar-refractivity contribution < 1.29 is 4.74 Å². The highest BCUT2D eigenvalue weighted by molar-refractivity contribution is 6.17.